The van der Waals surface area contributed by atoms with E-state index in [1.165, 1.54) is 0 Å². The van der Waals surface area contributed by atoms with Crippen molar-refractivity contribution in [2.45, 2.75) is 27.2 Å². The summed E-state index contributed by atoms with van der Waals surface area (Å²) in [4.78, 5) is 10.9. The van der Waals surface area contributed by atoms with Crippen LogP contribution in [0.3, 0.4) is 0 Å². The van der Waals surface area contributed by atoms with E-state index in [1.54, 1.807) is 0 Å². The zero-order chi connectivity index (χ0) is 7.49. The number of rotatable bonds is 2. The summed E-state index contributed by atoms with van der Waals surface area (Å²) in [6.07, 6.45) is 0.841. The molecule has 0 aromatic heterocycles. The topological polar surface area (TPSA) is 26.3 Å². The third-order valence-corrected chi connectivity index (χ3v) is 1.99. The maximum atomic E-state index is 10.9. The number of hydrogen-bond donors (Lipinski definition) is 0. The summed E-state index contributed by atoms with van der Waals surface area (Å²) in [7, 11) is 0.509. The standard InChI is InChI=1S/C6H14O2Si/c1-4-6(2,3)5(7)8-9/h4H2,1-3,9H3. The van der Waals surface area contributed by atoms with Crippen molar-refractivity contribution in [2.24, 2.45) is 5.41 Å². The van der Waals surface area contributed by atoms with Crippen LogP contribution in [0.1, 0.15) is 27.2 Å². The van der Waals surface area contributed by atoms with Crippen LogP contribution in [0, 0.1) is 5.41 Å². The first-order valence-corrected chi connectivity index (χ1v) is 3.94. The fourth-order valence-electron chi connectivity index (χ4n) is 0.421. The van der Waals surface area contributed by atoms with E-state index in [2.05, 4.69) is 0 Å². The van der Waals surface area contributed by atoms with Gasteiger partial charge in [0.25, 0.3) is 5.97 Å². The van der Waals surface area contributed by atoms with Gasteiger partial charge in [-0.05, 0) is 20.3 Å². The van der Waals surface area contributed by atoms with Crippen LogP contribution in [0.15, 0.2) is 0 Å². The lowest BCUT2D eigenvalue weighted by Gasteiger charge is -2.18. The van der Waals surface area contributed by atoms with Crippen LogP contribution in [0.5, 0.6) is 0 Å². The van der Waals surface area contributed by atoms with Crippen molar-refractivity contribution in [2.75, 3.05) is 0 Å². The van der Waals surface area contributed by atoms with Gasteiger partial charge in [-0.2, -0.15) is 0 Å². The van der Waals surface area contributed by atoms with E-state index in [1.807, 2.05) is 20.8 Å². The van der Waals surface area contributed by atoms with Gasteiger partial charge in [0, 0.05) is 0 Å². The van der Waals surface area contributed by atoms with E-state index >= 15 is 0 Å². The van der Waals surface area contributed by atoms with Crippen LogP contribution in [0.2, 0.25) is 0 Å². The lowest BCUT2D eigenvalue weighted by molar-refractivity contribution is -0.143. The summed E-state index contributed by atoms with van der Waals surface area (Å²) in [5, 5.41) is 0. The van der Waals surface area contributed by atoms with Gasteiger partial charge in [0.05, 0.1) is 5.41 Å². The lowest BCUT2D eigenvalue weighted by atomic mass is 9.91. The summed E-state index contributed by atoms with van der Waals surface area (Å²) in [6, 6.07) is 0. The summed E-state index contributed by atoms with van der Waals surface area (Å²) in [6.45, 7) is 5.78. The van der Waals surface area contributed by atoms with E-state index in [0.29, 0.717) is 10.5 Å². The number of hydrogen-bond acceptors (Lipinski definition) is 2. The molecule has 0 unspecified atom stereocenters. The van der Waals surface area contributed by atoms with E-state index in [4.69, 9.17) is 4.43 Å². The zero-order valence-corrected chi connectivity index (χ0v) is 8.52. The average Bonchev–Trinajstić information content (AvgIpc) is 1.86. The van der Waals surface area contributed by atoms with Gasteiger partial charge >= 0.3 is 0 Å². The predicted molar refractivity (Wildman–Crippen MR) is 40.1 cm³/mol. The molecule has 0 bridgehead atoms. The molecule has 0 saturated heterocycles. The Morgan fingerprint density at radius 1 is 1.67 bits per heavy atom. The molecule has 0 amide bonds. The monoisotopic (exact) mass is 146 g/mol. The first-order chi connectivity index (χ1) is 4.04. The largest absolute Gasteiger partial charge is 0.528 e. The molecule has 0 aliphatic rings. The fraction of sp³-hybridized carbons (Fsp3) is 0.833. The molecule has 3 heteroatoms. The molecule has 54 valence electrons. The highest BCUT2D eigenvalue weighted by molar-refractivity contribution is 6.06. The van der Waals surface area contributed by atoms with Gasteiger partial charge in [0.1, 0.15) is 0 Å². The van der Waals surface area contributed by atoms with Gasteiger partial charge in [0.2, 0.25) is 10.5 Å². The van der Waals surface area contributed by atoms with Crippen LogP contribution in [0.25, 0.3) is 0 Å². The van der Waals surface area contributed by atoms with Gasteiger partial charge in [-0.3, -0.25) is 4.79 Å². The molecule has 2 nitrogen and oxygen atoms in total. The van der Waals surface area contributed by atoms with Crippen LogP contribution in [-0.4, -0.2) is 16.5 Å². The molecule has 9 heavy (non-hydrogen) atoms. The Labute approximate surface area is 59.1 Å². The van der Waals surface area contributed by atoms with Crippen LogP contribution in [-0.2, 0) is 9.22 Å². The molecule has 0 aromatic carbocycles. The first-order valence-electron chi connectivity index (χ1n) is 3.13. The molecule has 0 heterocycles. The molecule has 0 aromatic rings. The van der Waals surface area contributed by atoms with Crippen LogP contribution >= 0.6 is 0 Å². The summed E-state index contributed by atoms with van der Waals surface area (Å²) in [5.74, 6) is -0.0725. The van der Waals surface area contributed by atoms with Crippen molar-refractivity contribution < 1.29 is 9.22 Å². The molecule has 0 rings (SSSR count). The fourth-order valence-corrected chi connectivity index (χ4v) is 0.973. The normalized spacial score (nSPS) is 11.4. The molecule has 0 aliphatic heterocycles. The Balaban J connectivity index is 3.97. The Kier molecular flexibility index (Phi) is 2.90. The number of carbonyl (C=O) groups is 1. The Morgan fingerprint density at radius 3 is 2.22 bits per heavy atom. The molecular formula is C6H14O2Si. The maximum absolute atomic E-state index is 10.9. The third-order valence-electron chi connectivity index (χ3n) is 1.62. The van der Waals surface area contributed by atoms with E-state index in [-0.39, 0.29) is 11.4 Å². The summed E-state index contributed by atoms with van der Waals surface area (Å²) < 4.78 is 4.71. The van der Waals surface area contributed by atoms with Crippen molar-refractivity contribution in [3.05, 3.63) is 0 Å². The predicted octanol–water partition coefficient (Wildman–Crippen LogP) is 0.246. The highest BCUT2D eigenvalue weighted by Gasteiger charge is 2.24. The maximum Gasteiger partial charge on any atom is 0.297 e. The quantitative estimate of drug-likeness (QED) is 0.522. The van der Waals surface area contributed by atoms with E-state index < -0.39 is 0 Å². The Bertz CT molecular complexity index is 110. The van der Waals surface area contributed by atoms with Crippen molar-refractivity contribution in [1.82, 2.24) is 0 Å². The molecule has 0 atom stereocenters. The number of carbonyl (C=O) groups excluding carboxylic acids is 1. The van der Waals surface area contributed by atoms with Crippen molar-refractivity contribution in [3.63, 3.8) is 0 Å². The summed E-state index contributed by atoms with van der Waals surface area (Å²) >= 11 is 0. The molecular weight excluding hydrogens is 132 g/mol. The van der Waals surface area contributed by atoms with Gasteiger partial charge in [0.15, 0.2) is 0 Å². The lowest BCUT2D eigenvalue weighted by Crippen LogP contribution is -2.24. The Morgan fingerprint density at radius 2 is 2.11 bits per heavy atom. The van der Waals surface area contributed by atoms with Crippen molar-refractivity contribution in [3.8, 4) is 0 Å². The third kappa shape index (κ3) is 2.18. The van der Waals surface area contributed by atoms with Crippen LogP contribution in [0.4, 0.5) is 0 Å². The van der Waals surface area contributed by atoms with E-state index in [9.17, 15) is 4.79 Å². The van der Waals surface area contributed by atoms with Gasteiger partial charge in [-0.1, -0.05) is 6.92 Å². The van der Waals surface area contributed by atoms with Crippen molar-refractivity contribution >= 4 is 16.5 Å². The Hall–Kier alpha value is -0.313. The molecule has 0 spiro atoms. The second kappa shape index (κ2) is 3.01. The van der Waals surface area contributed by atoms with Gasteiger partial charge in [-0.15, -0.1) is 0 Å². The van der Waals surface area contributed by atoms with Crippen molar-refractivity contribution in [1.29, 1.82) is 0 Å². The minimum Gasteiger partial charge on any atom is -0.528 e. The molecule has 0 aliphatic carbocycles. The molecule has 0 fully saturated rings. The minimum atomic E-state index is -0.276. The highest BCUT2D eigenvalue weighted by atomic mass is 28.2. The molecule has 0 N–H and O–H groups in total. The van der Waals surface area contributed by atoms with Gasteiger partial charge < -0.3 is 4.43 Å². The van der Waals surface area contributed by atoms with Gasteiger partial charge in [-0.25, -0.2) is 0 Å². The highest BCUT2D eigenvalue weighted by Crippen LogP contribution is 2.20. The van der Waals surface area contributed by atoms with E-state index in [0.717, 1.165) is 6.42 Å². The van der Waals surface area contributed by atoms with Crippen LogP contribution < -0.4 is 0 Å². The first kappa shape index (κ1) is 8.69. The smallest absolute Gasteiger partial charge is 0.297 e. The molecule has 0 radical (unpaired) electrons. The second-order valence-electron chi connectivity index (χ2n) is 2.73. The SMILES string of the molecule is CCC(C)(C)C(=O)O[SiH3]. The summed E-state index contributed by atoms with van der Waals surface area (Å²) in [5.41, 5.74) is -0.276. The average molecular weight is 146 g/mol. The minimum absolute atomic E-state index is 0.0725. The zero-order valence-electron chi connectivity index (χ0n) is 6.52. The molecule has 0 saturated carbocycles. The second-order valence-corrected chi connectivity index (χ2v) is 3.14.